The van der Waals surface area contributed by atoms with Crippen LogP contribution >= 0.6 is 15.9 Å². The molecule has 5 heteroatoms. The van der Waals surface area contributed by atoms with E-state index in [1.807, 2.05) is 0 Å². The van der Waals surface area contributed by atoms with E-state index in [-0.39, 0.29) is 5.56 Å². The quantitative estimate of drug-likeness (QED) is 0.886. The second kappa shape index (κ2) is 6.51. The van der Waals surface area contributed by atoms with E-state index < -0.39 is 0 Å². The smallest absolute Gasteiger partial charge is 0.283 e. The molecule has 1 aromatic rings. The minimum Gasteiger partial charge on any atom is -0.380 e. The van der Waals surface area contributed by atoms with Gasteiger partial charge in [0.05, 0.1) is 11.9 Å². The van der Waals surface area contributed by atoms with Crippen LogP contribution < -0.4 is 10.9 Å². The summed E-state index contributed by atoms with van der Waals surface area (Å²) in [6, 6.07) is 0.441. The molecule has 1 fully saturated rings. The van der Waals surface area contributed by atoms with E-state index in [0.717, 1.165) is 18.5 Å². The van der Waals surface area contributed by atoms with Crippen molar-refractivity contribution in [2.24, 2.45) is 11.3 Å². The first-order valence-electron chi connectivity index (χ1n) is 7.81. The summed E-state index contributed by atoms with van der Waals surface area (Å²) in [6.07, 6.45) is 6.51. The normalized spacial score (nSPS) is 19.0. The van der Waals surface area contributed by atoms with Crippen molar-refractivity contribution in [2.45, 2.75) is 66.0 Å². The molecule has 1 aliphatic carbocycles. The Bertz CT molecular complexity index is 541. The SMILES string of the molecule is CC(C)Cn1ncc(NC2CCC(C)(C)CC2)c(Br)c1=O. The van der Waals surface area contributed by atoms with Crippen molar-refractivity contribution >= 4 is 21.6 Å². The van der Waals surface area contributed by atoms with Gasteiger partial charge < -0.3 is 5.32 Å². The second-order valence-electron chi connectivity index (χ2n) is 7.34. The van der Waals surface area contributed by atoms with Crippen LogP contribution in [0.2, 0.25) is 0 Å². The largest absolute Gasteiger partial charge is 0.380 e. The molecule has 0 atom stereocenters. The zero-order valence-corrected chi connectivity index (χ0v) is 15.0. The van der Waals surface area contributed by atoms with Crippen molar-refractivity contribution in [3.8, 4) is 0 Å². The minimum absolute atomic E-state index is 0.0511. The fourth-order valence-corrected chi connectivity index (χ4v) is 3.23. The van der Waals surface area contributed by atoms with Crippen LogP contribution in [0.5, 0.6) is 0 Å². The Balaban J connectivity index is 2.08. The van der Waals surface area contributed by atoms with Gasteiger partial charge in [-0.05, 0) is 52.9 Å². The molecule has 0 unspecified atom stereocenters. The first kappa shape index (κ1) is 16.5. The average molecular weight is 356 g/mol. The van der Waals surface area contributed by atoms with Crippen molar-refractivity contribution < 1.29 is 0 Å². The molecule has 0 amide bonds. The van der Waals surface area contributed by atoms with Gasteiger partial charge in [-0.15, -0.1) is 0 Å². The van der Waals surface area contributed by atoms with Crippen molar-refractivity contribution in [2.75, 3.05) is 5.32 Å². The molecule has 1 aliphatic rings. The zero-order valence-electron chi connectivity index (χ0n) is 13.4. The third-order valence-electron chi connectivity index (χ3n) is 4.22. The lowest BCUT2D eigenvalue weighted by molar-refractivity contribution is 0.232. The van der Waals surface area contributed by atoms with E-state index in [1.54, 1.807) is 6.20 Å². The highest BCUT2D eigenvalue weighted by Gasteiger charge is 2.27. The minimum atomic E-state index is -0.0511. The van der Waals surface area contributed by atoms with Crippen LogP contribution in [0.4, 0.5) is 5.69 Å². The molecule has 0 saturated heterocycles. The van der Waals surface area contributed by atoms with E-state index in [1.165, 1.54) is 17.5 Å². The molecular weight excluding hydrogens is 330 g/mol. The molecule has 0 radical (unpaired) electrons. The standard InChI is InChI=1S/C16H26BrN3O/c1-11(2)10-20-15(21)14(17)13(9-18-20)19-12-5-7-16(3,4)8-6-12/h9,11-12,19H,5-8,10H2,1-4H3. The topological polar surface area (TPSA) is 46.9 Å². The van der Waals surface area contributed by atoms with Gasteiger partial charge in [0.25, 0.3) is 5.56 Å². The Labute approximate surface area is 135 Å². The average Bonchev–Trinajstić information content (AvgIpc) is 2.40. The highest BCUT2D eigenvalue weighted by atomic mass is 79.9. The summed E-state index contributed by atoms with van der Waals surface area (Å²) >= 11 is 3.43. The highest BCUT2D eigenvalue weighted by Crippen LogP contribution is 2.36. The first-order chi connectivity index (χ1) is 9.78. The number of anilines is 1. The molecule has 0 aliphatic heterocycles. The summed E-state index contributed by atoms with van der Waals surface area (Å²) in [5.41, 5.74) is 1.23. The van der Waals surface area contributed by atoms with Gasteiger partial charge in [-0.25, -0.2) is 4.68 Å². The molecule has 1 aromatic heterocycles. The highest BCUT2D eigenvalue weighted by molar-refractivity contribution is 9.10. The number of hydrogen-bond acceptors (Lipinski definition) is 3. The Kier molecular flexibility index (Phi) is 5.12. The first-order valence-corrected chi connectivity index (χ1v) is 8.60. The lowest BCUT2D eigenvalue weighted by atomic mass is 9.75. The number of nitrogens with zero attached hydrogens (tertiary/aromatic N) is 2. The summed E-state index contributed by atoms with van der Waals surface area (Å²) in [5, 5.41) is 7.77. The van der Waals surface area contributed by atoms with E-state index in [9.17, 15) is 4.79 Å². The lowest BCUT2D eigenvalue weighted by Gasteiger charge is -2.35. The van der Waals surface area contributed by atoms with Crippen molar-refractivity contribution in [1.82, 2.24) is 9.78 Å². The predicted octanol–water partition coefficient (Wildman–Crippen LogP) is 4.04. The fraction of sp³-hybridized carbons (Fsp3) is 0.750. The summed E-state index contributed by atoms with van der Waals surface area (Å²) in [4.78, 5) is 12.3. The van der Waals surface area contributed by atoms with Crippen LogP contribution in [0.1, 0.15) is 53.4 Å². The third kappa shape index (κ3) is 4.31. The maximum Gasteiger partial charge on any atom is 0.283 e. The lowest BCUT2D eigenvalue weighted by Crippen LogP contribution is -2.32. The monoisotopic (exact) mass is 355 g/mol. The van der Waals surface area contributed by atoms with Crippen molar-refractivity contribution in [1.29, 1.82) is 0 Å². The summed E-state index contributed by atoms with van der Waals surface area (Å²) in [5.74, 6) is 0.404. The number of rotatable bonds is 4. The van der Waals surface area contributed by atoms with Crippen LogP contribution in [-0.2, 0) is 6.54 Å². The number of halogens is 1. The Morgan fingerprint density at radius 1 is 1.43 bits per heavy atom. The fourth-order valence-electron chi connectivity index (χ4n) is 2.81. The predicted molar refractivity (Wildman–Crippen MR) is 90.7 cm³/mol. The van der Waals surface area contributed by atoms with Crippen LogP contribution in [0.15, 0.2) is 15.5 Å². The molecule has 1 heterocycles. The van der Waals surface area contributed by atoms with E-state index >= 15 is 0 Å². The Morgan fingerprint density at radius 2 is 2.05 bits per heavy atom. The molecular formula is C16H26BrN3O. The molecule has 1 saturated carbocycles. The molecule has 4 nitrogen and oxygen atoms in total. The zero-order chi connectivity index (χ0) is 15.6. The Morgan fingerprint density at radius 3 is 2.62 bits per heavy atom. The third-order valence-corrected chi connectivity index (χ3v) is 4.99. The second-order valence-corrected chi connectivity index (χ2v) is 8.13. The molecule has 0 spiro atoms. The van der Waals surface area contributed by atoms with E-state index in [4.69, 9.17) is 0 Å². The van der Waals surface area contributed by atoms with Crippen molar-refractivity contribution in [3.05, 3.63) is 21.0 Å². The molecule has 118 valence electrons. The van der Waals surface area contributed by atoms with Gasteiger partial charge in [-0.3, -0.25) is 4.79 Å². The van der Waals surface area contributed by atoms with Crippen molar-refractivity contribution in [3.63, 3.8) is 0 Å². The van der Waals surface area contributed by atoms with Gasteiger partial charge in [0.2, 0.25) is 0 Å². The van der Waals surface area contributed by atoms with Gasteiger partial charge in [0, 0.05) is 12.6 Å². The molecule has 0 bridgehead atoms. The summed E-state index contributed by atoms with van der Waals surface area (Å²) < 4.78 is 2.13. The molecule has 2 rings (SSSR count). The number of nitrogens with one attached hydrogen (secondary N) is 1. The van der Waals surface area contributed by atoms with Gasteiger partial charge >= 0.3 is 0 Å². The van der Waals surface area contributed by atoms with Crippen LogP contribution in [0, 0.1) is 11.3 Å². The van der Waals surface area contributed by atoms with Crippen LogP contribution in [0.3, 0.4) is 0 Å². The number of hydrogen-bond donors (Lipinski definition) is 1. The van der Waals surface area contributed by atoms with Gasteiger partial charge in [0.1, 0.15) is 4.47 Å². The summed E-state index contributed by atoms with van der Waals surface area (Å²) in [6.45, 7) is 9.47. The van der Waals surface area contributed by atoms with Crippen LogP contribution in [-0.4, -0.2) is 15.8 Å². The molecule has 21 heavy (non-hydrogen) atoms. The van der Waals surface area contributed by atoms with Crippen LogP contribution in [0.25, 0.3) is 0 Å². The molecule has 0 aromatic carbocycles. The van der Waals surface area contributed by atoms with E-state index in [0.29, 0.717) is 28.4 Å². The number of aromatic nitrogens is 2. The maximum atomic E-state index is 12.3. The van der Waals surface area contributed by atoms with Gasteiger partial charge in [-0.2, -0.15) is 5.10 Å². The Hall–Kier alpha value is -0.840. The van der Waals surface area contributed by atoms with Gasteiger partial charge in [0.15, 0.2) is 0 Å². The maximum absolute atomic E-state index is 12.3. The molecule has 1 N–H and O–H groups in total. The van der Waals surface area contributed by atoms with E-state index in [2.05, 4.69) is 54.0 Å². The summed E-state index contributed by atoms with van der Waals surface area (Å²) in [7, 11) is 0. The van der Waals surface area contributed by atoms with Gasteiger partial charge in [-0.1, -0.05) is 27.7 Å².